The molecule has 0 radical (unpaired) electrons. The highest BCUT2D eigenvalue weighted by Gasteiger charge is 2.27. The van der Waals surface area contributed by atoms with Gasteiger partial charge < -0.3 is 15.4 Å². The Morgan fingerprint density at radius 1 is 1.55 bits per heavy atom. The second-order valence-electron chi connectivity index (χ2n) is 4.86. The van der Waals surface area contributed by atoms with Crippen molar-refractivity contribution in [2.45, 2.75) is 31.7 Å². The number of hydrogen-bond donors (Lipinski definition) is 2. The van der Waals surface area contributed by atoms with E-state index in [1.165, 1.54) is 0 Å². The summed E-state index contributed by atoms with van der Waals surface area (Å²) in [4.78, 5) is 20.7. The van der Waals surface area contributed by atoms with Gasteiger partial charge in [0.1, 0.15) is 22.3 Å². The molecule has 1 aromatic heterocycles. The van der Waals surface area contributed by atoms with E-state index in [1.807, 2.05) is 0 Å². The van der Waals surface area contributed by atoms with E-state index >= 15 is 0 Å². The maximum absolute atomic E-state index is 11.9. The van der Waals surface area contributed by atoms with Crippen molar-refractivity contribution in [2.24, 2.45) is 0 Å². The minimum absolute atomic E-state index is 0.0789. The molecular formula is C13H19BrN4O2. The first-order valence-corrected chi connectivity index (χ1v) is 7.47. The van der Waals surface area contributed by atoms with Gasteiger partial charge in [-0.05, 0) is 35.7 Å². The first kappa shape index (κ1) is 15.2. The van der Waals surface area contributed by atoms with Crippen LogP contribution in [0.3, 0.4) is 0 Å². The fraction of sp³-hybridized carbons (Fsp3) is 0.615. The largest absolute Gasteiger partial charge is 0.383 e. The van der Waals surface area contributed by atoms with Gasteiger partial charge >= 0.3 is 0 Å². The van der Waals surface area contributed by atoms with Crippen LogP contribution in [0.2, 0.25) is 0 Å². The van der Waals surface area contributed by atoms with Gasteiger partial charge in [0.05, 0.1) is 6.61 Å². The number of nitrogens with one attached hydrogen (secondary N) is 2. The molecule has 2 N–H and O–H groups in total. The summed E-state index contributed by atoms with van der Waals surface area (Å²) >= 11 is 3.38. The molecule has 2 rings (SSSR count). The Hall–Kier alpha value is -1.21. The predicted octanol–water partition coefficient (Wildman–Crippen LogP) is 1.68. The van der Waals surface area contributed by atoms with Crippen LogP contribution in [0.1, 0.15) is 31.5 Å². The molecule has 0 aliphatic heterocycles. The zero-order valence-corrected chi connectivity index (χ0v) is 13.2. The monoisotopic (exact) mass is 342 g/mol. The van der Waals surface area contributed by atoms with Crippen molar-refractivity contribution in [3.8, 4) is 0 Å². The summed E-state index contributed by atoms with van der Waals surface area (Å²) in [6, 6.07) is 1.42. The normalized spacial score (nSPS) is 15.8. The molecule has 1 atom stereocenters. The Morgan fingerprint density at radius 2 is 2.30 bits per heavy atom. The molecule has 20 heavy (non-hydrogen) atoms. The molecule has 1 amide bonds. The number of methoxy groups -OCH3 is 1. The molecule has 6 nitrogen and oxygen atoms in total. The zero-order valence-electron chi connectivity index (χ0n) is 11.6. The molecule has 1 aromatic rings. The maximum atomic E-state index is 11.9. The van der Waals surface area contributed by atoms with Gasteiger partial charge in [-0.25, -0.2) is 9.97 Å². The Morgan fingerprint density at radius 3 is 2.95 bits per heavy atom. The second-order valence-corrected chi connectivity index (χ2v) is 5.67. The molecule has 1 aliphatic rings. The van der Waals surface area contributed by atoms with Crippen molar-refractivity contribution in [1.29, 1.82) is 0 Å². The van der Waals surface area contributed by atoms with Gasteiger partial charge in [-0.3, -0.25) is 4.79 Å². The van der Waals surface area contributed by atoms with E-state index in [2.05, 4.69) is 36.5 Å². The molecule has 1 saturated carbocycles. The smallest absolute Gasteiger partial charge is 0.242 e. The van der Waals surface area contributed by atoms with Crippen LogP contribution >= 0.6 is 15.9 Å². The van der Waals surface area contributed by atoms with Gasteiger partial charge in [0.2, 0.25) is 5.91 Å². The number of aromatic nitrogens is 2. The number of carbonyl (C=O) groups is 1. The zero-order chi connectivity index (χ0) is 14.5. The number of halogens is 1. The second kappa shape index (κ2) is 6.99. The minimum atomic E-state index is -0.360. The van der Waals surface area contributed by atoms with Crippen LogP contribution in [0, 0.1) is 0 Å². The van der Waals surface area contributed by atoms with E-state index in [1.54, 1.807) is 20.1 Å². The van der Waals surface area contributed by atoms with Crippen LogP contribution < -0.4 is 10.6 Å². The summed E-state index contributed by atoms with van der Waals surface area (Å²) in [7, 11) is 1.60. The van der Waals surface area contributed by atoms with Gasteiger partial charge in [-0.1, -0.05) is 0 Å². The Kier molecular flexibility index (Phi) is 5.31. The minimum Gasteiger partial charge on any atom is -0.383 e. The summed E-state index contributed by atoms with van der Waals surface area (Å²) in [6.07, 6.45) is 2.28. The molecular weight excluding hydrogens is 324 g/mol. The van der Waals surface area contributed by atoms with Gasteiger partial charge in [-0.15, -0.1) is 0 Å². The number of carbonyl (C=O) groups excluding carboxylic acids is 1. The first-order chi connectivity index (χ1) is 9.60. The average Bonchev–Trinajstić information content (AvgIpc) is 3.22. The summed E-state index contributed by atoms with van der Waals surface area (Å²) < 4.78 is 5.63. The van der Waals surface area contributed by atoms with E-state index in [9.17, 15) is 4.79 Å². The van der Waals surface area contributed by atoms with Crippen LogP contribution in [0.4, 0.5) is 5.82 Å². The highest BCUT2D eigenvalue weighted by Crippen LogP contribution is 2.38. The molecule has 1 heterocycles. The number of ether oxygens (including phenoxy) is 1. The molecule has 1 unspecified atom stereocenters. The van der Waals surface area contributed by atoms with Crippen molar-refractivity contribution >= 4 is 27.7 Å². The van der Waals surface area contributed by atoms with E-state index in [-0.39, 0.29) is 11.9 Å². The van der Waals surface area contributed by atoms with Crippen molar-refractivity contribution in [2.75, 3.05) is 25.6 Å². The third-order valence-electron chi connectivity index (χ3n) is 3.02. The highest BCUT2D eigenvalue weighted by molar-refractivity contribution is 9.10. The number of amides is 1. The predicted molar refractivity (Wildman–Crippen MR) is 79.7 cm³/mol. The number of anilines is 1. The average molecular weight is 343 g/mol. The lowest BCUT2D eigenvalue weighted by Crippen LogP contribution is -2.39. The van der Waals surface area contributed by atoms with Crippen molar-refractivity contribution < 1.29 is 9.53 Å². The highest BCUT2D eigenvalue weighted by atomic mass is 79.9. The Balaban J connectivity index is 1.93. The molecule has 0 saturated heterocycles. The van der Waals surface area contributed by atoms with E-state index in [0.29, 0.717) is 24.9 Å². The van der Waals surface area contributed by atoms with Crippen LogP contribution in [0.5, 0.6) is 0 Å². The van der Waals surface area contributed by atoms with Crippen molar-refractivity contribution in [3.63, 3.8) is 0 Å². The SMILES string of the molecule is COCCNC(=O)C(C)Nc1cc(Br)nc(C2CC2)n1. The lowest BCUT2D eigenvalue weighted by molar-refractivity contribution is -0.121. The van der Waals surface area contributed by atoms with Gasteiger partial charge in [0, 0.05) is 25.6 Å². The molecule has 0 bridgehead atoms. The van der Waals surface area contributed by atoms with Crippen molar-refractivity contribution in [3.05, 3.63) is 16.5 Å². The number of hydrogen-bond acceptors (Lipinski definition) is 5. The fourth-order valence-electron chi connectivity index (χ4n) is 1.75. The maximum Gasteiger partial charge on any atom is 0.242 e. The summed E-state index contributed by atoms with van der Waals surface area (Å²) in [5, 5.41) is 5.88. The number of rotatable bonds is 7. The summed E-state index contributed by atoms with van der Waals surface area (Å²) in [5.41, 5.74) is 0. The molecule has 1 fully saturated rings. The van der Waals surface area contributed by atoms with Crippen LogP contribution in [-0.2, 0) is 9.53 Å². The Bertz CT molecular complexity index is 479. The molecule has 110 valence electrons. The van der Waals surface area contributed by atoms with Crippen molar-refractivity contribution in [1.82, 2.24) is 15.3 Å². The van der Waals surface area contributed by atoms with E-state index < -0.39 is 0 Å². The third kappa shape index (κ3) is 4.42. The number of nitrogens with zero attached hydrogens (tertiary/aromatic N) is 2. The standard InChI is InChI=1S/C13H19BrN4O2/c1-8(13(19)15-5-6-20-2)16-11-7-10(14)17-12(18-11)9-3-4-9/h7-9H,3-6H2,1-2H3,(H,15,19)(H,16,17,18). The molecule has 1 aliphatic carbocycles. The summed E-state index contributed by atoms with van der Waals surface area (Å²) in [5.74, 6) is 1.90. The molecule has 0 aromatic carbocycles. The lowest BCUT2D eigenvalue weighted by Gasteiger charge is -2.15. The van der Waals surface area contributed by atoms with E-state index in [4.69, 9.17) is 4.74 Å². The van der Waals surface area contributed by atoms with Gasteiger partial charge in [-0.2, -0.15) is 0 Å². The lowest BCUT2D eigenvalue weighted by atomic mass is 10.3. The molecule has 0 spiro atoms. The van der Waals surface area contributed by atoms with Crippen LogP contribution in [0.15, 0.2) is 10.7 Å². The summed E-state index contributed by atoms with van der Waals surface area (Å²) in [6.45, 7) is 2.81. The fourth-order valence-corrected chi connectivity index (χ4v) is 2.15. The van der Waals surface area contributed by atoms with Gasteiger partial charge in [0.25, 0.3) is 0 Å². The van der Waals surface area contributed by atoms with Crippen LogP contribution in [0.25, 0.3) is 0 Å². The molecule has 7 heteroatoms. The van der Waals surface area contributed by atoms with Gasteiger partial charge in [0.15, 0.2) is 0 Å². The topological polar surface area (TPSA) is 76.1 Å². The quantitative estimate of drug-likeness (QED) is 0.582. The van der Waals surface area contributed by atoms with Crippen LogP contribution in [-0.4, -0.2) is 42.2 Å². The van der Waals surface area contributed by atoms with E-state index in [0.717, 1.165) is 23.3 Å². The first-order valence-electron chi connectivity index (χ1n) is 6.68. The Labute approximate surface area is 126 Å². The third-order valence-corrected chi connectivity index (χ3v) is 3.42.